The molecule has 3 rings (SSSR count). The molecule has 0 radical (unpaired) electrons. The number of nitrogens with zero attached hydrogens (tertiary/aromatic N) is 1. The molecular formula is C22H20F3NO4. The van der Waals surface area contributed by atoms with Crippen molar-refractivity contribution < 1.29 is 32.2 Å². The van der Waals surface area contributed by atoms with Crippen LogP contribution >= 0.6 is 0 Å². The van der Waals surface area contributed by atoms with Gasteiger partial charge in [0.2, 0.25) is 5.90 Å². The van der Waals surface area contributed by atoms with Crippen molar-refractivity contribution in [1.29, 1.82) is 0 Å². The van der Waals surface area contributed by atoms with Gasteiger partial charge in [-0.25, -0.2) is 9.79 Å². The normalized spacial score (nSPS) is 15.2. The number of methoxy groups -OCH3 is 1. The monoisotopic (exact) mass is 419 g/mol. The molecule has 0 N–H and O–H groups in total. The first-order chi connectivity index (χ1) is 14.3. The topological polar surface area (TPSA) is 57.1 Å². The third kappa shape index (κ3) is 5.00. The average Bonchev–Trinajstić information content (AvgIpc) is 3.08. The van der Waals surface area contributed by atoms with E-state index >= 15 is 0 Å². The van der Waals surface area contributed by atoms with E-state index in [-0.39, 0.29) is 17.2 Å². The van der Waals surface area contributed by atoms with E-state index in [9.17, 15) is 18.0 Å². The van der Waals surface area contributed by atoms with Crippen LogP contribution in [0.3, 0.4) is 0 Å². The van der Waals surface area contributed by atoms with Crippen molar-refractivity contribution in [1.82, 2.24) is 0 Å². The SMILES string of the molecule is CCCCOc1ccc(C=C2N=C(c3ccc(C(F)(F)F)cc3)OC2=O)cc1OC. The molecule has 2 aromatic rings. The predicted molar refractivity (Wildman–Crippen MR) is 105 cm³/mol. The summed E-state index contributed by atoms with van der Waals surface area (Å²) in [5, 5.41) is 0. The summed E-state index contributed by atoms with van der Waals surface area (Å²) < 4.78 is 54.2. The fourth-order valence-corrected chi connectivity index (χ4v) is 2.71. The van der Waals surface area contributed by atoms with Gasteiger partial charge in [0.15, 0.2) is 17.2 Å². The Morgan fingerprint density at radius 1 is 1.10 bits per heavy atom. The van der Waals surface area contributed by atoms with Gasteiger partial charge in [-0.05, 0) is 54.5 Å². The molecule has 0 amide bonds. The second-order valence-corrected chi connectivity index (χ2v) is 6.52. The minimum absolute atomic E-state index is 0.0339. The molecule has 0 aliphatic carbocycles. The maximum Gasteiger partial charge on any atom is 0.416 e. The van der Waals surface area contributed by atoms with Crippen LogP contribution in [0.2, 0.25) is 0 Å². The number of cyclic esters (lactones) is 1. The highest BCUT2D eigenvalue weighted by Gasteiger charge is 2.31. The summed E-state index contributed by atoms with van der Waals surface area (Å²) in [6.07, 6.45) is -1.00. The second kappa shape index (κ2) is 9.02. The largest absolute Gasteiger partial charge is 0.493 e. The summed E-state index contributed by atoms with van der Waals surface area (Å²) in [6.45, 7) is 2.64. The van der Waals surface area contributed by atoms with Gasteiger partial charge in [-0.2, -0.15) is 13.2 Å². The highest BCUT2D eigenvalue weighted by atomic mass is 19.4. The molecule has 30 heavy (non-hydrogen) atoms. The summed E-state index contributed by atoms with van der Waals surface area (Å²) in [4.78, 5) is 16.3. The Bertz CT molecular complexity index is 979. The molecule has 0 unspecified atom stereocenters. The molecule has 2 aromatic carbocycles. The quantitative estimate of drug-likeness (QED) is 0.350. The predicted octanol–water partition coefficient (Wildman–Crippen LogP) is 5.24. The summed E-state index contributed by atoms with van der Waals surface area (Å²) in [5.41, 5.74) is 0.156. The zero-order valence-electron chi connectivity index (χ0n) is 16.5. The summed E-state index contributed by atoms with van der Waals surface area (Å²) in [6, 6.07) is 9.43. The van der Waals surface area contributed by atoms with Gasteiger partial charge in [0.1, 0.15) is 0 Å². The number of hydrogen-bond donors (Lipinski definition) is 0. The number of benzene rings is 2. The molecule has 0 aromatic heterocycles. The number of esters is 1. The van der Waals surface area contributed by atoms with Gasteiger partial charge in [-0.15, -0.1) is 0 Å². The van der Waals surface area contributed by atoms with Gasteiger partial charge >= 0.3 is 12.1 Å². The van der Waals surface area contributed by atoms with Gasteiger partial charge in [0, 0.05) is 5.56 Å². The number of carbonyl (C=O) groups is 1. The van der Waals surface area contributed by atoms with Crippen LogP contribution in [0, 0.1) is 0 Å². The Labute approximate surface area is 171 Å². The molecule has 0 spiro atoms. The lowest BCUT2D eigenvalue weighted by Crippen LogP contribution is -2.08. The smallest absolute Gasteiger partial charge is 0.416 e. The molecule has 0 saturated heterocycles. The first-order valence-corrected chi connectivity index (χ1v) is 9.33. The molecule has 0 atom stereocenters. The van der Waals surface area contributed by atoms with E-state index in [2.05, 4.69) is 11.9 Å². The Morgan fingerprint density at radius 3 is 2.47 bits per heavy atom. The maximum absolute atomic E-state index is 12.7. The van der Waals surface area contributed by atoms with Crippen molar-refractivity contribution in [3.63, 3.8) is 0 Å². The van der Waals surface area contributed by atoms with Crippen LogP contribution in [0.4, 0.5) is 13.2 Å². The molecule has 1 aliphatic heterocycles. The van der Waals surface area contributed by atoms with E-state index in [0.717, 1.165) is 25.0 Å². The first kappa shape index (κ1) is 21.4. The van der Waals surface area contributed by atoms with Crippen molar-refractivity contribution in [2.75, 3.05) is 13.7 Å². The van der Waals surface area contributed by atoms with Crippen molar-refractivity contribution >= 4 is 17.9 Å². The third-order valence-electron chi connectivity index (χ3n) is 4.33. The molecule has 0 bridgehead atoms. The van der Waals surface area contributed by atoms with Crippen molar-refractivity contribution in [3.8, 4) is 11.5 Å². The van der Waals surface area contributed by atoms with Gasteiger partial charge in [-0.1, -0.05) is 19.4 Å². The number of hydrogen-bond acceptors (Lipinski definition) is 5. The molecule has 158 valence electrons. The van der Waals surface area contributed by atoms with E-state index in [1.54, 1.807) is 18.2 Å². The lowest BCUT2D eigenvalue weighted by molar-refractivity contribution is -0.137. The highest BCUT2D eigenvalue weighted by Crippen LogP contribution is 2.31. The van der Waals surface area contributed by atoms with Crippen molar-refractivity contribution in [2.24, 2.45) is 4.99 Å². The van der Waals surface area contributed by atoms with Crippen LogP contribution in [0.5, 0.6) is 11.5 Å². The number of aliphatic imine (C=N–C) groups is 1. The standard InChI is InChI=1S/C22H20F3NO4/c1-3-4-11-29-18-10-5-14(13-19(18)28-2)12-17-21(27)30-20(26-17)15-6-8-16(9-7-15)22(23,24)25/h5-10,12-13H,3-4,11H2,1-2H3. The Morgan fingerprint density at radius 2 is 1.83 bits per heavy atom. The molecule has 1 aliphatic rings. The minimum Gasteiger partial charge on any atom is -0.493 e. The number of halogens is 3. The summed E-state index contributed by atoms with van der Waals surface area (Å²) in [7, 11) is 1.52. The van der Waals surface area contributed by atoms with Crippen molar-refractivity contribution in [2.45, 2.75) is 25.9 Å². The van der Waals surface area contributed by atoms with E-state index in [4.69, 9.17) is 14.2 Å². The fourth-order valence-electron chi connectivity index (χ4n) is 2.71. The van der Waals surface area contributed by atoms with E-state index in [1.807, 2.05) is 0 Å². The molecule has 0 fully saturated rings. The van der Waals surface area contributed by atoms with Crippen LogP contribution in [0.25, 0.3) is 6.08 Å². The van der Waals surface area contributed by atoms with Crippen LogP contribution in [0.1, 0.15) is 36.5 Å². The number of carbonyl (C=O) groups excluding carboxylic acids is 1. The number of rotatable bonds is 7. The van der Waals surface area contributed by atoms with Gasteiger partial charge < -0.3 is 14.2 Å². The summed E-state index contributed by atoms with van der Waals surface area (Å²) >= 11 is 0. The summed E-state index contributed by atoms with van der Waals surface area (Å²) in [5.74, 6) is 0.369. The molecular weight excluding hydrogens is 399 g/mol. The van der Waals surface area contributed by atoms with Crippen LogP contribution < -0.4 is 9.47 Å². The Kier molecular flexibility index (Phi) is 6.44. The second-order valence-electron chi connectivity index (χ2n) is 6.52. The van der Waals surface area contributed by atoms with Crippen LogP contribution in [0.15, 0.2) is 53.2 Å². The van der Waals surface area contributed by atoms with E-state index < -0.39 is 17.7 Å². The Balaban J connectivity index is 1.81. The van der Waals surface area contributed by atoms with E-state index in [1.165, 1.54) is 25.3 Å². The molecule has 5 nitrogen and oxygen atoms in total. The van der Waals surface area contributed by atoms with Crippen LogP contribution in [-0.2, 0) is 15.7 Å². The van der Waals surface area contributed by atoms with Gasteiger partial charge in [0.25, 0.3) is 0 Å². The first-order valence-electron chi connectivity index (χ1n) is 9.33. The van der Waals surface area contributed by atoms with Crippen molar-refractivity contribution in [3.05, 3.63) is 64.9 Å². The number of ether oxygens (including phenoxy) is 3. The molecule has 8 heteroatoms. The minimum atomic E-state index is -4.44. The van der Waals surface area contributed by atoms with Crippen LogP contribution in [-0.4, -0.2) is 25.6 Å². The zero-order chi connectivity index (χ0) is 21.7. The number of alkyl halides is 3. The zero-order valence-corrected chi connectivity index (χ0v) is 16.5. The van der Waals surface area contributed by atoms with Gasteiger partial charge in [-0.3, -0.25) is 0 Å². The lowest BCUT2D eigenvalue weighted by atomic mass is 10.1. The van der Waals surface area contributed by atoms with Gasteiger partial charge in [0.05, 0.1) is 19.3 Å². The maximum atomic E-state index is 12.7. The third-order valence-corrected chi connectivity index (χ3v) is 4.33. The molecule has 0 saturated carbocycles. The molecule has 1 heterocycles. The Hall–Kier alpha value is -3.29. The average molecular weight is 419 g/mol. The highest BCUT2D eigenvalue weighted by molar-refractivity contribution is 6.12. The fraction of sp³-hybridized carbons (Fsp3) is 0.273. The van der Waals surface area contributed by atoms with E-state index in [0.29, 0.717) is 23.7 Å². The lowest BCUT2D eigenvalue weighted by Gasteiger charge is -2.10. The number of unbranched alkanes of at least 4 members (excludes halogenated alkanes) is 1.